The van der Waals surface area contributed by atoms with Crippen LogP contribution in [0.2, 0.25) is 0 Å². The van der Waals surface area contributed by atoms with Gasteiger partial charge in [0, 0.05) is 11.8 Å². The highest BCUT2D eigenvalue weighted by atomic mass is 19.4. The van der Waals surface area contributed by atoms with Crippen molar-refractivity contribution in [1.29, 1.82) is 0 Å². The first kappa shape index (κ1) is 22.5. The van der Waals surface area contributed by atoms with Crippen LogP contribution in [0, 0.1) is 6.92 Å². The summed E-state index contributed by atoms with van der Waals surface area (Å²) in [6.45, 7) is 1.37. The highest BCUT2D eigenvalue weighted by Crippen LogP contribution is 2.33. The minimum atomic E-state index is -4.70. The molecule has 0 bridgehead atoms. The third-order valence-electron chi connectivity index (χ3n) is 4.45. The SMILES string of the molecule is COC(=O)c1cccc(NC(=O)c2nn(-c3ccccc3C(F)(F)F)c(C)cc2=O)c1O. The van der Waals surface area contributed by atoms with E-state index in [9.17, 15) is 32.7 Å². The van der Waals surface area contributed by atoms with Crippen LogP contribution in [0.4, 0.5) is 18.9 Å². The zero-order chi connectivity index (χ0) is 23.6. The standard InChI is InChI=1S/C21H16F3N3O5/c1-11-10-16(28)17(26-27(11)15-9-4-3-7-13(15)21(22,23)24)19(30)25-14-8-5-6-12(18(14)29)20(31)32-2/h3-10,29H,1-2H3,(H,25,30). The van der Waals surface area contributed by atoms with Crippen molar-refractivity contribution in [2.45, 2.75) is 13.1 Å². The van der Waals surface area contributed by atoms with Gasteiger partial charge in [0.2, 0.25) is 5.43 Å². The maximum atomic E-state index is 13.4. The molecule has 0 saturated carbocycles. The van der Waals surface area contributed by atoms with E-state index >= 15 is 0 Å². The molecule has 3 aromatic rings. The van der Waals surface area contributed by atoms with Gasteiger partial charge in [-0.2, -0.15) is 18.3 Å². The molecule has 32 heavy (non-hydrogen) atoms. The number of esters is 1. The monoisotopic (exact) mass is 447 g/mol. The third-order valence-corrected chi connectivity index (χ3v) is 4.45. The van der Waals surface area contributed by atoms with E-state index in [0.717, 1.165) is 30.0 Å². The molecule has 0 fully saturated rings. The number of methoxy groups -OCH3 is 1. The van der Waals surface area contributed by atoms with E-state index in [4.69, 9.17) is 0 Å². The normalized spacial score (nSPS) is 11.2. The highest BCUT2D eigenvalue weighted by Gasteiger charge is 2.34. The van der Waals surface area contributed by atoms with Crippen molar-refractivity contribution in [1.82, 2.24) is 9.78 Å². The average molecular weight is 447 g/mol. The number of nitrogens with zero attached hydrogens (tertiary/aromatic N) is 2. The summed E-state index contributed by atoms with van der Waals surface area (Å²) in [5.41, 5.74) is -3.32. The largest absolute Gasteiger partial charge is 0.505 e. The molecule has 0 aliphatic rings. The first-order valence-corrected chi connectivity index (χ1v) is 9.03. The van der Waals surface area contributed by atoms with Crippen molar-refractivity contribution in [3.8, 4) is 11.4 Å². The number of nitrogens with one attached hydrogen (secondary N) is 1. The summed E-state index contributed by atoms with van der Waals surface area (Å²) in [6, 6.07) is 9.40. The number of alkyl halides is 3. The van der Waals surface area contributed by atoms with Crippen LogP contribution in [0.15, 0.2) is 53.3 Å². The molecule has 0 atom stereocenters. The lowest BCUT2D eigenvalue weighted by Crippen LogP contribution is -2.27. The van der Waals surface area contributed by atoms with Crippen molar-refractivity contribution in [2.24, 2.45) is 0 Å². The fourth-order valence-electron chi connectivity index (χ4n) is 2.95. The molecular weight excluding hydrogens is 431 g/mol. The Hall–Kier alpha value is -4.15. The van der Waals surface area contributed by atoms with Crippen molar-refractivity contribution in [3.05, 3.63) is 81.3 Å². The number of benzene rings is 2. The fourth-order valence-corrected chi connectivity index (χ4v) is 2.95. The molecule has 0 aliphatic carbocycles. The molecule has 1 amide bonds. The predicted molar refractivity (Wildman–Crippen MR) is 107 cm³/mol. The van der Waals surface area contributed by atoms with Crippen molar-refractivity contribution in [2.75, 3.05) is 12.4 Å². The van der Waals surface area contributed by atoms with Crippen LogP contribution in [0.5, 0.6) is 5.75 Å². The Balaban J connectivity index is 2.06. The second kappa shape index (κ2) is 8.53. The fraction of sp³-hybridized carbons (Fsp3) is 0.143. The van der Waals surface area contributed by atoms with Gasteiger partial charge in [-0.3, -0.25) is 9.59 Å². The van der Waals surface area contributed by atoms with E-state index in [1.165, 1.54) is 37.3 Å². The van der Waals surface area contributed by atoms with Gasteiger partial charge < -0.3 is 15.2 Å². The molecule has 2 aromatic carbocycles. The second-order valence-electron chi connectivity index (χ2n) is 6.57. The predicted octanol–water partition coefficient (Wildman–Crippen LogP) is 3.30. The molecule has 3 rings (SSSR count). The van der Waals surface area contributed by atoms with E-state index < -0.39 is 40.5 Å². The van der Waals surface area contributed by atoms with Gasteiger partial charge in [0.05, 0.1) is 24.0 Å². The number of para-hydroxylation sites is 2. The van der Waals surface area contributed by atoms with Crippen molar-refractivity contribution < 1.29 is 32.6 Å². The number of anilines is 1. The highest BCUT2D eigenvalue weighted by molar-refractivity contribution is 6.05. The Kier molecular flexibility index (Phi) is 6.01. The minimum absolute atomic E-state index is 0.0683. The number of aromatic hydroxyl groups is 1. The second-order valence-corrected chi connectivity index (χ2v) is 6.57. The number of carbonyl (C=O) groups is 2. The minimum Gasteiger partial charge on any atom is -0.505 e. The Morgan fingerprint density at radius 2 is 1.81 bits per heavy atom. The summed E-state index contributed by atoms with van der Waals surface area (Å²) in [4.78, 5) is 36.7. The zero-order valence-electron chi connectivity index (χ0n) is 16.7. The van der Waals surface area contributed by atoms with E-state index in [1.807, 2.05) is 0 Å². The Bertz CT molecular complexity index is 1270. The molecule has 0 saturated heterocycles. The quantitative estimate of drug-likeness (QED) is 0.469. The van der Waals surface area contributed by atoms with E-state index in [0.29, 0.717) is 0 Å². The van der Waals surface area contributed by atoms with Crippen LogP contribution in [0.25, 0.3) is 5.69 Å². The van der Waals surface area contributed by atoms with E-state index in [-0.39, 0.29) is 22.6 Å². The number of rotatable bonds is 4. The molecule has 0 spiro atoms. The average Bonchev–Trinajstić information content (AvgIpc) is 2.74. The van der Waals surface area contributed by atoms with Crippen LogP contribution < -0.4 is 10.7 Å². The van der Waals surface area contributed by atoms with Gasteiger partial charge in [-0.25, -0.2) is 9.48 Å². The molecule has 2 N–H and O–H groups in total. The van der Waals surface area contributed by atoms with Crippen LogP contribution in [-0.4, -0.2) is 33.9 Å². The number of halogens is 3. The number of aryl methyl sites for hydroxylation is 1. The van der Waals surface area contributed by atoms with E-state index in [2.05, 4.69) is 15.2 Å². The number of carbonyl (C=O) groups excluding carboxylic acids is 2. The molecule has 0 aliphatic heterocycles. The number of hydrogen-bond acceptors (Lipinski definition) is 6. The number of phenols is 1. The molecular formula is C21H16F3N3O5. The molecule has 0 radical (unpaired) electrons. The molecule has 11 heteroatoms. The van der Waals surface area contributed by atoms with Crippen LogP contribution in [-0.2, 0) is 10.9 Å². The van der Waals surface area contributed by atoms with Gasteiger partial charge in [-0.15, -0.1) is 0 Å². The molecule has 1 aromatic heterocycles. The lowest BCUT2D eigenvalue weighted by molar-refractivity contribution is -0.137. The molecule has 0 unspecified atom stereocenters. The van der Waals surface area contributed by atoms with Gasteiger partial charge in [-0.05, 0) is 31.2 Å². The van der Waals surface area contributed by atoms with Crippen LogP contribution in [0.3, 0.4) is 0 Å². The lowest BCUT2D eigenvalue weighted by Gasteiger charge is -2.17. The van der Waals surface area contributed by atoms with Gasteiger partial charge >= 0.3 is 12.1 Å². The smallest absolute Gasteiger partial charge is 0.418 e. The van der Waals surface area contributed by atoms with Gasteiger partial charge in [0.1, 0.15) is 5.56 Å². The molecule has 1 heterocycles. The third kappa shape index (κ3) is 4.31. The topological polar surface area (TPSA) is 111 Å². The number of amides is 1. The number of hydrogen-bond donors (Lipinski definition) is 2. The summed E-state index contributed by atoms with van der Waals surface area (Å²) < 4.78 is 45.6. The summed E-state index contributed by atoms with van der Waals surface area (Å²) in [7, 11) is 1.10. The molecule has 166 valence electrons. The van der Waals surface area contributed by atoms with Gasteiger partial charge in [0.25, 0.3) is 5.91 Å². The first-order valence-electron chi connectivity index (χ1n) is 9.03. The maximum Gasteiger partial charge on any atom is 0.418 e. The number of phenolic OH excluding ortho intramolecular Hbond substituents is 1. The summed E-state index contributed by atoms with van der Waals surface area (Å²) in [5.74, 6) is -2.56. The van der Waals surface area contributed by atoms with Crippen molar-refractivity contribution >= 4 is 17.6 Å². The Labute approximate surface area is 178 Å². The first-order chi connectivity index (χ1) is 15.0. The number of ether oxygens (including phenoxy) is 1. The number of aromatic nitrogens is 2. The van der Waals surface area contributed by atoms with Crippen LogP contribution >= 0.6 is 0 Å². The zero-order valence-corrected chi connectivity index (χ0v) is 16.7. The van der Waals surface area contributed by atoms with Crippen LogP contribution in [0.1, 0.15) is 32.1 Å². The summed E-state index contributed by atoms with van der Waals surface area (Å²) in [6.07, 6.45) is -4.70. The van der Waals surface area contributed by atoms with E-state index in [1.54, 1.807) is 0 Å². The summed E-state index contributed by atoms with van der Waals surface area (Å²) >= 11 is 0. The Morgan fingerprint density at radius 1 is 1.12 bits per heavy atom. The maximum absolute atomic E-state index is 13.4. The van der Waals surface area contributed by atoms with Gasteiger partial charge in [-0.1, -0.05) is 18.2 Å². The van der Waals surface area contributed by atoms with Crippen molar-refractivity contribution in [3.63, 3.8) is 0 Å². The Morgan fingerprint density at radius 3 is 2.47 bits per heavy atom. The summed E-state index contributed by atoms with van der Waals surface area (Å²) in [5, 5.41) is 16.3. The molecule has 8 nitrogen and oxygen atoms in total. The van der Waals surface area contributed by atoms with Gasteiger partial charge in [0.15, 0.2) is 11.4 Å². The lowest BCUT2D eigenvalue weighted by atomic mass is 10.1.